The van der Waals surface area contributed by atoms with Gasteiger partial charge < -0.3 is 19.5 Å². The van der Waals surface area contributed by atoms with Crippen molar-refractivity contribution in [2.75, 3.05) is 0 Å². The Morgan fingerprint density at radius 3 is 2.44 bits per heavy atom. The van der Waals surface area contributed by atoms with Crippen LogP contribution in [-0.4, -0.2) is 45.8 Å². The molecule has 2 atom stereocenters. The number of fused-ring (bicyclic) bond motifs is 2. The van der Waals surface area contributed by atoms with Crippen LogP contribution in [-0.2, 0) is 4.74 Å². The summed E-state index contributed by atoms with van der Waals surface area (Å²) in [5.41, 5.74) is -0.139. The van der Waals surface area contributed by atoms with Crippen LogP contribution in [0.3, 0.4) is 0 Å². The van der Waals surface area contributed by atoms with E-state index in [1.807, 2.05) is 25.7 Å². The number of piperidine rings is 2. The van der Waals surface area contributed by atoms with Gasteiger partial charge in [0.15, 0.2) is 5.69 Å². The molecule has 2 amide bonds. The van der Waals surface area contributed by atoms with Gasteiger partial charge in [0.05, 0.1) is 0 Å². The van der Waals surface area contributed by atoms with Crippen molar-refractivity contribution in [2.45, 2.75) is 95.4 Å². The molecule has 1 aliphatic carbocycles. The number of nitrogens with zero attached hydrogens (tertiary/aromatic N) is 2. The molecule has 148 valence electrons. The molecule has 0 spiro atoms. The minimum Gasteiger partial charge on any atom is -0.444 e. The Hall–Kier alpha value is -2.05. The molecule has 7 nitrogen and oxygen atoms in total. The van der Waals surface area contributed by atoms with Gasteiger partial charge in [-0.2, -0.15) is 0 Å². The van der Waals surface area contributed by atoms with Gasteiger partial charge in [-0.1, -0.05) is 5.16 Å². The van der Waals surface area contributed by atoms with Gasteiger partial charge in [-0.15, -0.1) is 0 Å². The summed E-state index contributed by atoms with van der Waals surface area (Å²) >= 11 is 0. The summed E-state index contributed by atoms with van der Waals surface area (Å²) in [4.78, 5) is 27.1. The highest BCUT2D eigenvalue weighted by Gasteiger charge is 2.43. The first-order chi connectivity index (χ1) is 12.8. The summed E-state index contributed by atoms with van der Waals surface area (Å²) in [6, 6.07) is 2.06. The highest BCUT2D eigenvalue weighted by Crippen LogP contribution is 2.40. The van der Waals surface area contributed by atoms with Crippen LogP contribution in [0.25, 0.3) is 0 Å². The lowest BCUT2D eigenvalue weighted by molar-refractivity contribution is -0.0229. The summed E-state index contributed by atoms with van der Waals surface area (Å²) < 4.78 is 10.9. The van der Waals surface area contributed by atoms with Crippen molar-refractivity contribution in [2.24, 2.45) is 0 Å². The molecule has 3 heterocycles. The highest BCUT2D eigenvalue weighted by molar-refractivity contribution is 5.92. The normalized spacial score (nSPS) is 28.0. The van der Waals surface area contributed by atoms with E-state index in [9.17, 15) is 9.59 Å². The van der Waals surface area contributed by atoms with Crippen molar-refractivity contribution in [3.63, 3.8) is 0 Å². The fraction of sp³-hybridized carbons (Fsp3) is 0.750. The third kappa shape index (κ3) is 4.12. The number of amides is 2. The standard InChI is InChI=1S/C20H29N3O4/c1-20(2,3)26-19(25)23-14-5-4-6-15(23)10-13(9-14)21-18(24)16-11-17(27-22-16)12-7-8-12/h11-15H,4-10H2,1-3H3,(H,21,24). The van der Waals surface area contributed by atoms with Gasteiger partial charge in [-0.05, 0) is 65.7 Å². The van der Waals surface area contributed by atoms with Crippen LogP contribution < -0.4 is 5.32 Å². The van der Waals surface area contributed by atoms with E-state index in [1.165, 1.54) is 0 Å². The van der Waals surface area contributed by atoms with E-state index in [-0.39, 0.29) is 30.1 Å². The van der Waals surface area contributed by atoms with Crippen LogP contribution in [0.2, 0.25) is 0 Å². The second-order valence-electron chi connectivity index (χ2n) is 9.16. The van der Waals surface area contributed by atoms with Crippen LogP contribution >= 0.6 is 0 Å². The molecule has 2 aliphatic heterocycles. The Balaban J connectivity index is 1.38. The minimum absolute atomic E-state index is 0.0487. The van der Waals surface area contributed by atoms with Crippen molar-refractivity contribution in [1.29, 1.82) is 0 Å². The molecular weight excluding hydrogens is 346 g/mol. The predicted octanol–water partition coefficient (Wildman–Crippen LogP) is 3.60. The van der Waals surface area contributed by atoms with Gasteiger partial charge in [0, 0.05) is 30.1 Å². The van der Waals surface area contributed by atoms with Crippen molar-refractivity contribution < 1.29 is 18.8 Å². The first-order valence-electron chi connectivity index (χ1n) is 10.1. The van der Waals surface area contributed by atoms with Gasteiger partial charge in [0.25, 0.3) is 5.91 Å². The van der Waals surface area contributed by atoms with Crippen LogP contribution in [0.4, 0.5) is 4.79 Å². The summed E-state index contributed by atoms with van der Waals surface area (Å²) in [5, 5.41) is 7.03. The molecule has 0 aromatic carbocycles. The molecule has 27 heavy (non-hydrogen) atoms. The van der Waals surface area contributed by atoms with Gasteiger partial charge in [-0.25, -0.2) is 4.79 Å². The lowest BCUT2D eigenvalue weighted by Crippen LogP contribution is -2.59. The fourth-order valence-corrected chi connectivity index (χ4v) is 4.33. The van der Waals surface area contributed by atoms with E-state index in [1.54, 1.807) is 6.07 Å². The summed E-state index contributed by atoms with van der Waals surface area (Å²) in [7, 11) is 0. The van der Waals surface area contributed by atoms with Crippen LogP contribution in [0.1, 0.15) is 87.9 Å². The molecule has 4 rings (SSSR count). The molecule has 1 aromatic heterocycles. The minimum atomic E-state index is -0.497. The molecule has 7 heteroatoms. The Kier molecular flexibility index (Phi) is 4.64. The zero-order valence-corrected chi connectivity index (χ0v) is 16.4. The highest BCUT2D eigenvalue weighted by atomic mass is 16.6. The van der Waals surface area contributed by atoms with Gasteiger partial charge in [0.1, 0.15) is 11.4 Å². The average Bonchev–Trinajstić information content (AvgIpc) is 3.29. The number of rotatable bonds is 3. The molecule has 1 saturated carbocycles. The van der Waals surface area contributed by atoms with E-state index >= 15 is 0 Å². The molecule has 2 unspecified atom stereocenters. The van der Waals surface area contributed by atoms with Crippen LogP contribution in [0, 0.1) is 0 Å². The molecule has 3 aliphatic rings. The molecule has 1 N–H and O–H groups in total. The Morgan fingerprint density at radius 2 is 1.85 bits per heavy atom. The maximum atomic E-state index is 12.6. The maximum absolute atomic E-state index is 12.6. The zero-order chi connectivity index (χ0) is 19.2. The van der Waals surface area contributed by atoms with Gasteiger partial charge in [0.2, 0.25) is 0 Å². The molecule has 2 bridgehead atoms. The van der Waals surface area contributed by atoms with Crippen LogP contribution in [0.15, 0.2) is 10.6 Å². The van der Waals surface area contributed by atoms with Crippen molar-refractivity contribution >= 4 is 12.0 Å². The number of ether oxygens (including phenoxy) is 1. The van der Waals surface area contributed by atoms with E-state index in [2.05, 4.69) is 10.5 Å². The monoisotopic (exact) mass is 375 g/mol. The van der Waals surface area contributed by atoms with E-state index < -0.39 is 5.60 Å². The molecule has 3 fully saturated rings. The number of hydrogen-bond acceptors (Lipinski definition) is 5. The molecule has 0 radical (unpaired) electrons. The van der Waals surface area contributed by atoms with E-state index in [0.29, 0.717) is 11.6 Å². The largest absolute Gasteiger partial charge is 0.444 e. The Bertz CT molecular complexity index is 705. The second-order valence-corrected chi connectivity index (χ2v) is 9.16. The Morgan fingerprint density at radius 1 is 1.19 bits per heavy atom. The lowest BCUT2D eigenvalue weighted by atomic mass is 9.82. The maximum Gasteiger partial charge on any atom is 0.410 e. The number of carbonyl (C=O) groups is 2. The topological polar surface area (TPSA) is 84.7 Å². The van der Waals surface area contributed by atoms with Crippen molar-refractivity contribution in [3.8, 4) is 0 Å². The number of nitrogens with one attached hydrogen (secondary N) is 1. The molecule has 2 saturated heterocycles. The smallest absolute Gasteiger partial charge is 0.410 e. The van der Waals surface area contributed by atoms with E-state index in [4.69, 9.17) is 9.26 Å². The number of aromatic nitrogens is 1. The first-order valence-corrected chi connectivity index (χ1v) is 10.1. The average molecular weight is 375 g/mol. The lowest BCUT2D eigenvalue weighted by Gasteiger charge is -2.48. The second kappa shape index (κ2) is 6.84. The van der Waals surface area contributed by atoms with Gasteiger partial charge >= 0.3 is 6.09 Å². The van der Waals surface area contributed by atoms with Crippen molar-refractivity contribution in [1.82, 2.24) is 15.4 Å². The zero-order valence-electron chi connectivity index (χ0n) is 16.4. The molecule has 1 aromatic rings. The molecular formula is C20H29N3O4. The predicted molar refractivity (Wildman–Crippen MR) is 98.5 cm³/mol. The SMILES string of the molecule is CC(C)(C)OC(=O)N1C2CCCC1CC(NC(=O)c1cc(C3CC3)on1)C2. The fourth-order valence-electron chi connectivity index (χ4n) is 4.33. The van der Waals surface area contributed by atoms with Crippen LogP contribution in [0.5, 0.6) is 0 Å². The Labute approximate surface area is 159 Å². The number of hydrogen-bond donors (Lipinski definition) is 1. The quantitative estimate of drug-likeness (QED) is 0.872. The summed E-state index contributed by atoms with van der Waals surface area (Å²) in [6.45, 7) is 5.67. The third-order valence-corrected chi connectivity index (χ3v) is 5.65. The van der Waals surface area contributed by atoms with Crippen molar-refractivity contribution in [3.05, 3.63) is 17.5 Å². The van der Waals surface area contributed by atoms with E-state index in [0.717, 1.165) is 50.7 Å². The van der Waals surface area contributed by atoms with Gasteiger partial charge in [-0.3, -0.25) is 4.79 Å². The third-order valence-electron chi connectivity index (χ3n) is 5.65. The first kappa shape index (κ1) is 18.3. The number of carbonyl (C=O) groups excluding carboxylic acids is 2. The summed E-state index contributed by atoms with van der Waals surface area (Å²) in [6.07, 6.45) is 6.54. The summed E-state index contributed by atoms with van der Waals surface area (Å²) in [5.74, 6) is 1.08.